The molecule has 0 fully saturated rings. The molecule has 1 aromatic carbocycles. The van der Waals surface area contributed by atoms with Crippen LogP contribution < -0.4 is 16.6 Å². The first-order valence-corrected chi connectivity index (χ1v) is 8.61. The molecule has 0 radical (unpaired) electrons. The third-order valence-electron chi connectivity index (χ3n) is 4.17. The van der Waals surface area contributed by atoms with Crippen LogP contribution in [0.25, 0.3) is 0 Å². The van der Waals surface area contributed by atoms with E-state index in [1.165, 1.54) is 37.8 Å². The Bertz CT molecular complexity index is 495. The number of hydrogen-bond acceptors (Lipinski definition) is 5. The van der Waals surface area contributed by atoms with E-state index in [9.17, 15) is 9.90 Å². The van der Waals surface area contributed by atoms with E-state index in [1.54, 1.807) is 0 Å². The van der Waals surface area contributed by atoms with E-state index < -0.39 is 5.97 Å². The molecule has 1 aromatic rings. The summed E-state index contributed by atoms with van der Waals surface area (Å²) in [6, 6.07) is 3.01. The maximum absolute atomic E-state index is 11.2. The summed E-state index contributed by atoms with van der Waals surface area (Å²) in [6.45, 7) is 7.52. The number of hydrogen-bond donors (Lipinski definition) is 2. The lowest BCUT2D eigenvalue weighted by atomic mass is 9.99. The average Bonchev–Trinajstić information content (AvgIpc) is 2.53. The summed E-state index contributed by atoms with van der Waals surface area (Å²) < 4.78 is 0. The second-order valence-corrected chi connectivity index (χ2v) is 6.03. The van der Waals surface area contributed by atoms with Crippen molar-refractivity contribution in [3.05, 3.63) is 23.3 Å². The molecule has 1 rings (SSSR count). The van der Waals surface area contributed by atoms with Crippen molar-refractivity contribution in [3.63, 3.8) is 0 Å². The quantitative estimate of drug-likeness (QED) is 0.608. The van der Waals surface area contributed by atoms with E-state index in [1.807, 2.05) is 0 Å². The normalized spacial score (nSPS) is 11.1. The zero-order valence-electron chi connectivity index (χ0n) is 14.4. The number of unbranched alkanes of at least 4 members (excludes halogenated alkanes) is 2. The van der Waals surface area contributed by atoms with Crippen LogP contribution in [0.4, 0.5) is 11.4 Å². The molecule has 0 bridgehead atoms. The van der Waals surface area contributed by atoms with Gasteiger partial charge in [-0.15, -0.1) is 0 Å². The van der Waals surface area contributed by atoms with E-state index in [2.05, 4.69) is 18.7 Å². The molecule has 0 aliphatic heterocycles. The van der Waals surface area contributed by atoms with Crippen LogP contribution in [0.1, 0.15) is 61.9 Å². The van der Waals surface area contributed by atoms with Crippen molar-refractivity contribution in [3.8, 4) is 0 Å². The Morgan fingerprint density at radius 2 is 1.61 bits per heavy atom. The molecule has 0 aliphatic rings. The molecular formula is C18H30N3O2-. The molecule has 0 aliphatic carbocycles. The van der Waals surface area contributed by atoms with Crippen LogP contribution >= 0.6 is 0 Å². The molecular weight excluding hydrogens is 290 g/mol. The molecule has 130 valence electrons. The Labute approximate surface area is 139 Å². The molecule has 23 heavy (non-hydrogen) atoms. The minimum absolute atomic E-state index is 0.158. The van der Waals surface area contributed by atoms with Crippen molar-refractivity contribution >= 4 is 17.3 Å². The molecule has 0 spiro atoms. The zero-order chi connectivity index (χ0) is 17.2. The van der Waals surface area contributed by atoms with E-state index in [4.69, 9.17) is 11.5 Å². The summed E-state index contributed by atoms with van der Waals surface area (Å²) in [6.07, 6.45) is 6.21. The lowest BCUT2D eigenvalue weighted by Crippen LogP contribution is -2.28. The molecule has 5 heteroatoms. The number of nitrogens with two attached hydrogens (primary N) is 2. The number of carbonyl (C=O) groups is 1. The van der Waals surface area contributed by atoms with Gasteiger partial charge in [-0.2, -0.15) is 0 Å². The van der Waals surface area contributed by atoms with E-state index in [-0.39, 0.29) is 5.56 Å². The van der Waals surface area contributed by atoms with Gasteiger partial charge < -0.3 is 26.3 Å². The van der Waals surface area contributed by atoms with Gasteiger partial charge in [0.2, 0.25) is 0 Å². The Hall–Kier alpha value is -1.75. The molecule has 4 N–H and O–H groups in total. The lowest BCUT2D eigenvalue weighted by Gasteiger charge is -2.22. The fourth-order valence-corrected chi connectivity index (χ4v) is 2.72. The van der Waals surface area contributed by atoms with Crippen molar-refractivity contribution in [2.75, 3.05) is 31.1 Å². The third-order valence-corrected chi connectivity index (χ3v) is 4.17. The van der Waals surface area contributed by atoms with Crippen LogP contribution in [0.5, 0.6) is 0 Å². The maximum Gasteiger partial charge on any atom is 0.0718 e. The van der Waals surface area contributed by atoms with Crippen LogP contribution in [-0.2, 0) is 6.42 Å². The van der Waals surface area contributed by atoms with Gasteiger partial charge >= 0.3 is 0 Å². The van der Waals surface area contributed by atoms with Crippen LogP contribution in [0.2, 0.25) is 0 Å². The van der Waals surface area contributed by atoms with Gasteiger partial charge in [0.1, 0.15) is 0 Å². The van der Waals surface area contributed by atoms with E-state index >= 15 is 0 Å². The van der Waals surface area contributed by atoms with Crippen molar-refractivity contribution in [1.82, 2.24) is 4.90 Å². The summed E-state index contributed by atoms with van der Waals surface area (Å²) in [4.78, 5) is 13.7. The van der Waals surface area contributed by atoms with Crippen LogP contribution in [-0.4, -0.2) is 30.5 Å². The Kier molecular flexibility index (Phi) is 8.48. The number of rotatable bonds is 11. The number of nitrogen functional groups attached to an aromatic ring is 2. The number of benzene rings is 1. The predicted molar refractivity (Wildman–Crippen MR) is 94.2 cm³/mol. The summed E-state index contributed by atoms with van der Waals surface area (Å²) in [7, 11) is 0. The molecule has 0 amide bonds. The number of carboxylic acid groups (broad SMARTS) is 1. The highest BCUT2D eigenvalue weighted by molar-refractivity contribution is 5.91. The van der Waals surface area contributed by atoms with Gasteiger partial charge in [-0.3, -0.25) is 0 Å². The minimum atomic E-state index is -1.19. The topological polar surface area (TPSA) is 95.4 Å². The van der Waals surface area contributed by atoms with Crippen LogP contribution in [0.15, 0.2) is 12.1 Å². The third kappa shape index (κ3) is 6.10. The first kappa shape index (κ1) is 19.3. The summed E-state index contributed by atoms with van der Waals surface area (Å²) in [5.41, 5.74) is 13.3. The fraction of sp³-hybridized carbons (Fsp3) is 0.611. The molecule has 5 nitrogen and oxygen atoms in total. The molecule has 0 saturated heterocycles. The summed E-state index contributed by atoms with van der Waals surface area (Å²) >= 11 is 0. The van der Waals surface area contributed by atoms with Gasteiger partial charge in [0.15, 0.2) is 0 Å². The number of carboxylic acids is 1. The Morgan fingerprint density at radius 1 is 1.04 bits per heavy atom. The smallest absolute Gasteiger partial charge is 0.0718 e. The minimum Gasteiger partial charge on any atom is -0.545 e. The fourth-order valence-electron chi connectivity index (χ4n) is 2.72. The van der Waals surface area contributed by atoms with E-state index in [0.29, 0.717) is 23.4 Å². The SMILES string of the molecule is CCCCN(CCCC)CCCc1c(C(=O)[O-])ccc(N)c1N. The van der Waals surface area contributed by atoms with Gasteiger partial charge in [0.25, 0.3) is 0 Å². The molecule has 0 unspecified atom stereocenters. The van der Waals surface area contributed by atoms with Gasteiger partial charge in [-0.1, -0.05) is 32.8 Å². The largest absolute Gasteiger partial charge is 0.545 e. The summed E-state index contributed by atoms with van der Waals surface area (Å²) in [5, 5.41) is 11.2. The van der Waals surface area contributed by atoms with Crippen LogP contribution in [0.3, 0.4) is 0 Å². The van der Waals surface area contributed by atoms with Gasteiger partial charge in [-0.25, -0.2) is 0 Å². The van der Waals surface area contributed by atoms with Crippen molar-refractivity contribution < 1.29 is 9.90 Å². The predicted octanol–water partition coefficient (Wildman–Crippen LogP) is 2.05. The highest BCUT2D eigenvalue weighted by atomic mass is 16.4. The van der Waals surface area contributed by atoms with Crippen molar-refractivity contribution in [2.24, 2.45) is 0 Å². The zero-order valence-corrected chi connectivity index (χ0v) is 14.4. The maximum atomic E-state index is 11.2. The number of carbonyl (C=O) groups excluding carboxylic acids is 1. The number of anilines is 2. The summed E-state index contributed by atoms with van der Waals surface area (Å²) in [5.74, 6) is -1.19. The van der Waals surface area contributed by atoms with Crippen molar-refractivity contribution in [1.29, 1.82) is 0 Å². The highest BCUT2D eigenvalue weighted by Gasteiger charge is 2.11. The van der Waals surface area contributed by atoms with E-state index in [0.717, 1.165) is 26.1 Å². The Balaban J connectivity index is 2.68. The highest BCUT2D eigenvalue weighted by Crippen LogP contribution is 2.25. The average molecular weight is 320 g/mol. The molecule has 0 aromatic heterocycles. The van der Waals surface area contributed by atoms with Crippen molar-refractivity contribution in [2.45, 2.75) is 52.4 Å². The monoisotopic (exact) mass is 320 g/mol. The first-order valence-electron chi connectivity index (χ1n) is 8.61. The lowest BCUT2D eigenvalue weighted by molar-refractivity contribution is -0.255. The van der Waals surface area contributed by atoms with Gasteiger partial charge in [0, 0.05) is 5.56 Å². The first-order chi connectivity index (χ1) is 11.0. The number of aromatic carboxylic acids is 1. The second kappa shape index (κ2) is 10.1. The Morgan fingerprint density at radius 3 is 2.13 bits per heavy atom. The standard InChI is InChI=1S/C18H31N3O2/c1-3-5-11-21(12-6-4-2)13-7-8-14-15(18(22)23)9-10-16(19)17(14)20/h9-10H,3-8,11-13,19-20H2,1-2H3,(H,22,23)/p-1. The van der Waals surface area contributed by atoms with Crippen LogP contribution in [0, 0.1) is 0 Å². The molecule has 0 heterocycles. The second-order valence-electron chi connectivity index (χ2n) is 6.03. The van der Waals surface area contributed by atoms with Gasteiger partial charge in [0.05, 0.1) is 17.3 Å². The number of nitrogens with zero attached hydrogens (tertiary/aromatic N) is 1. The van der Waals surface area contributed by atoms with Gasteiger partial charge in [-0.05, 0) is 56.9 Å². The molecule has 0 atom stereocenters. The molecule has 0 saturated carbocycles.